The predicted molar refractivity (Wildman–Crippen MR) is 93.1 cm³/mol. The zero-order valence-corrected chi connectivity index (χ0v) is 14.7. The quantitative estimate of drug-likeness (QED) is 0.899. The van der Waals surface area contributed by atoms with E-state index in [4.69, 9.17) is 5.14 Å². The largest absolute Gasteiger partial charge is 0.339 e. The summed E-state index contributed by atoms with van der Waals surface area (Å²) >= 11 is 0. The first-order valence-electron chi connectivity index (χ1n) is 8.43. The molecule has 0 spiro atoms. The van der Waals surface area contributed by atoms with Crippen molar-refractivity contribution >= 4 is 16.9 Å². The predicted octanol–water partition coefficient (Wildman–Crippen LogP) is 2.57. The van der Waals surface area contributed by atoms with Crippen LogP contribution in [0.1, 0.15) is 50.5 Å². The average Bonchev–Trinajstić information content (AvgIpc) is 2.57. The molecule has 2 aliphatic heterocycles. The fraction of sp³-hybridized carbons (Fsp3) is 0.611. The van der Waals surface area contributed by atoms with Gasteiger partial charge in [0.1, 0.15) is 0 Å². The van der Waals surface area contributed by atoms with Gasteiger partial charge in [-0.2, -0.15) is 0 Å². The molecule has 2 heterocycles. The summed E-state index contributed by atoms with van der Waals surface area (Å²) in [5.74, 6) is 0.672. The summed E-state index contributed by atoms with van der Waals surface area (Å²) in [6, 6.07) is 10.4. The van der Waals surface area contributed by atoms with Crippen LogP contribution in [-0.4, -0.2) is 32.9 Å². The van der Waals surface area contributed by atoms with Gasteiger partial charge in [0.05, 0.1) is 11.0 Å². The molecule has 2 bridgehead atoms. The first kappa shape index (κ1) is 16.7. The number of benzene rings is 1. The molecule has 0 aromatic heterocycles. The first-order chi connectivity index (χ1) is 11.0. The van der Waals surface area contributed by atoms with Crippen molar-refractivity contribution in [1.82, 2.24) is 4.90 Å². The zero-order chi connectivity index (χ0) is 16.6. The number of likely N-dealkylation sites (N-methyl/N-ethyl adjacent to an activating group) is 1. The normalized spacial score (nSPS) is 31.0. The number of piperidine rings is 2. The molecule has 3 aliphatic rings. The third-order valence-corrected chi connectivity index (χ3v) is 7.00. The van der Waals surface area contributed by atoms with Crippen molar-refractivity contribution in [3.63, 3.8) is 0 Å². The van der Waals surface area contributed by atoms with E-state index in [-0.39, 0.29) is 28.5 Å². The van der Waals surface area contributed by atoms with Crippen LogP contribution in [-0.2, 0) is 15.8 Å². The Morgan fingerprint density at radius 2 is 1.91 bits per heavy atom. The van der Waals surface area contributed by atoms with Gasteiger partial charge < -0.3 is 4.90 Å². The number of hydrogen-bond acceptors (Lipinski definition) is 2. The van der Waals surface area contributed by atoms with Crippen LogP contribution in [0.3, 0.4) is 0 Å². The summed E-state index contributed by atoms with van der Waals surface area (Å²) in [6.45, 7) is 1.94. The van der Waals surface area contributed by atoms with Gasteiger partial charge in [-0.25, -0.2) is 4.21 Å². The number of hydrogen-bond donors (Lipinski definition) is 1. The van der Waals surface area contributed by atoms with Crippen molar-refractivity contribution in [1.29, 1.82) is 0 Å². The Hall–Kier alpha value is -1.20. The highest BCUT2D eigenvalue weighted by molar-refractivity contribution is 7.83. The molecule has 0 radical (unpaired) electrons. The molecule has 23 heavy (non-hydrogen) atoms. The number of nitrogens with zero attached hydrogens (tertiary/aromatic N) is 1. The number of carbonyl (C=O) groups is 1. The molecule has 2 N–H and O–H groups in total. The van der Waals surface area contributed by atoms with E-state index in [9.17, 15) is 9.00 Å². The molecule has 3 unspecified atom stereocenters. The van der Waals surface area contributed by atoms with Crippen molar-refractivity contribution in [2.75, 3.05) is 7.05 Å². The number of fused-ring (bicyclic) bond motifs is 3. The summed E-state index contributed by atoms with van der Waals surface area (Å²) < 4.78 is 11.8. The van der Waals surface area contributed by atoms with Crippen LogP contribution < -0.4 is 5.14 Å². The third kappa shape index (κ3) is 2.85. The second-order valence-corrected chi connectivity index (χ2v) is 8.58. The Morgan fingerprint density at radius 1 is 1.30 bits per heavy atom. The van der Waals surface area contributed by atoms with E-state index in [0.717, 1.165) is 32.1 Å². The topological polar surface area (TPSA) is 63.4 Å². The number of amides is 1. The van der Waals surface area contributed by atoms with Gasteiger partial charge >= 0.3 is 0 Å². The fourth-order valence-electron chi connectivity index (χ4n) is 4.55. The third-order valence-electron chi connectivity index (χ3n) is 6.01. The Labute approximate surface area is 141 Å². The van der Waals surface area contributed by atoms with Gasteiger partial charge in [0.2, 0.25) is 5.91 Å². The smallest absolute Gasteiger partial charge is 0.225 e. The molecule has 4 rings (SSSR count). The number of nitrogens with two attached hydrogens (primary N) is 1. The maximum absolute atomic E-state index is 12.6. The van der Waals surface area contributed by atoms with Gasteiger partial charge in [0.15, 0.2) is 0 Å². The van der Waals surface area contributed by atoms with E-state index in [2.05, 4.69) is 12.1 Å². The molecule has 2 saturated heterocycles. The van der Waals surface area contributed by atoms with E-state index in [1.807, 2.05) is 37.1 Å². The van der Waals surface area contributed by atoms with E-state index in [1.54, 1.807) is 0 Å². The van der Waals surface area contributed by atoms with Gasteiger partial charge in [-0.3, -0.25) is 9.93 Å². The molecule has 5 heteroatoms. The number of rotatable bonds is 5. The van der Waals surface area contributed by atoms with E-state index in [0.29, 0.717) is 0 Å². The molecule has 1 saturated carbocycles. The first-order valence-corrected chi connectivity index (χ1v) is 9.71. The van der Waals surface area contributed by atoms with Gasteiger partial charge in [-0.05, 0) is 44.6 Å². The van der Waals surface area contributed by atoms with Crippen molar-refractivity contribution < 1.29 is 9.00 Å². The standard InChI is InChI=1S/C18H26N2O2S/c1-13(23(19)22)12-16(14-6-4-3-5-7-14)18-10-8-15(9-11-18)17(21)20(18)2/h3-7,13,15-16H,8-12,19H2,1-2H3. The Kier molecular flexibility index (Phi) is 4.61. The SMILES string of the molecule is CC(CC(c1ccccc1)C12CCC(CC1)C(=O)N2C)S(N)=O. The minimum atomic E-state index is -1.34. The molecule has 1 aliphatic carbocycles. The molecule has 126 valence electrons. The Bertz CT molecular complexity index is 596. The van der Waals surface area contributed by atoms with Crippen molar-refractivity contribution in [3.8, 4) is 0 Å². The van der Waals surface area contributed by atoms with Crippen LogP contribution in [0.25, 0.3) is 0 Å². The molecular weight excluding hydrogens is 308 g/mol. The molecule has 1 aromatic rings. The summed E-state index contributed by atoms with van der Waals surface area (Å²) in [6.07, 6.45) is 4.77. The van der Waals surface area contributed by atoms with Crippen molar-refractivity contribution in [2.24, 2.45) is 11.1 Å². The Morgan fingerprint density at radius 3 is 2.48 bits per heavy atom. The highest BCUT2D eigenvalue weighted by Gasteiger charge is 2.53. The summed E-state index contributed by atoms with van der Waals surface area (Å²) in [5, 5.41) is 5.55. The van der Waals surface area contributed by atoms with Crippen LogP contribution in [0.5, 0.6) is 0 Å². The van der Waals surface area contributed by atoms with E-state index in [1.165, 1.54) is 5.56 Å². The highest BCUT2D eigenvalue weighted by atomic mass is 32.2. The second-order valence-electron chi connectivity index (χ2n) is 7.11. The minimum absolute atomic E-state index is 0.0854. The average molecular weight is 334 g/mol. The van der Waals surface area contributed by atoms with Crippen LogP contribution >= 0.6 is 0 Å². The fourth-order valence-corrected chi connectivity index (χ4v) is 4.94. The number of carbonyl (C=O) groups excluding carboxylic acids is 1. The molecule has 3 fully saturated rings. The molecule has 1 amide bonds. The van der Waals surface area contributed by atoms with E-state index < -0.39 is 11.0 Å². The lowest BCUT2D eigenvalue weighted by atomic mass is 9.62. The molecular formula is C18H26N2O2S. The Balaban J connectivity index is 2.00. The van der Waals surface area contributed by atoms with Crippen LogP contribution in [0.4, 0.5) is 0 Å². The summed E-state index contributed by atoms with van der Waals surface area (Å²) in [5.41, 5.74) is 1.07. The maximum Gasteiger partial charge on any atom is 0.225 e. The van der Waals surface area contributed by atoms with Crippen molar-refractivity contribution in [2.45, 2.75) is 55.7 Å². The maximum atomic E-state index is 12.6. The summed E-state index contributed by atoms with van der Waals surface area (Å²) in [7, 11) is 0.612. The minimum Gasteiger partial charge on any atom is -0.339 e. The van der Waals surface area contributed by atoms with E-state index >= 15 is 0 Å². The molecule has 4 nitrogen and oxygen atoms in total. The van der Waals surface area contributed by atoms with Crippen LogP contribution in [0.2, 0.25) is 0 Å². The lowest BCUT2D eigenvalue weighted by Crippen LogP contribution is -2.62. The van der Waals surface area contributed by atoms with Gasteiger partial charge in [-0.1, -0.05) is 30.3 Å². The van der Waals surface area contributed by atoms with Crippen molar-refractivity contribution in [3.05, 3.63) is 35.9 Å². The highest BCUT2D eigenvalue weighted by Crippen LogP contribution is 2.52. The van der Waals surface area contributed by atoms with Crippen LogP contribution in [0.15, 0.2) is 30.3 Å². The zero-order valence-electron chi connectivity index (χ0n) is 13.9. The molecule has 3 atom stereocenters. The van der Waals surface area contributed by atoms with Crippen LogP contribution in [0, 0.1) is 5.92 Å². The van der Waals surface area contributed by atoms with Gasteiger partial charge in [-0.15, -0.1) is 0 Å². The molecule has 1 aromatic carbocycles. The van der Waals surface area contributed by atoms with Gasteiger partial charge in [0, 0.05) is 29.7 Å². The lowest BCUT2D eigenvalue weighted by molar-refractivity contribution is -0.155. The second kappa shape index (κ2) is 6.36. The summed E-state index contributed by atoms with van der Waals surface area (Å²) in [4.78, 5) is 14.6. The lowest BCUT2D eigenvalue weighted by Gasteiger charge is -2.57. The van der Waals surface area contributed by atoms with Gasteiger partial charge in [0.25, 0.3) is 0 Å². The monoisotopic (exact) mass is 334 g/mol.